The number of benzene rings is 1. The molecule has 1 aliphatic carbocycles. The molecule has 1 aliphatic rings. The molecule has 1 heterocycles. The number of H-pyrrole nitrogens is 1. The minimum atomic E-state index is -0.795. The van der Waals surface area contributed by atoms with E-state index >= 15 is 0 Å². The molecule has 1 aromatic heterocycles. The molecule has 94 valence electrons. The first-order chi connectivity index (χ1) is 8.56. The van der Waals surface area contributed by atoms with Crippen LogP contribution in [0.1, 0.15) is 30.0 Å². The van der Waals surface area contributed by atoms with Gasteiger partial charge in [0.15, 0.2) is 0 Å². The summed E-state index contributed by atoms with van der Waals surface area (Å²) < 4.78 is 14.1. The normalized spacial score (nSPS) is 18.2. The molecule has 0 spiro atoms. The molecule has 0 amide bonds. The summed E-state index contributed by atoms with van der Waals surface area (Å²) in [6.07, 6.45) is 1.75. The van der Waals surface area contributed by atoms with Crippen molar-refractivity contribution in [3.8, 4) is 0 Å². The number of aryl methyl sites for hydroxylation is 1. The number of aromatic nitrogens is 1. The highest BCUT2D eigenvalue weighted by Gasteiger charge is 2.28. The fourth-order valence-corrected chi connectivity index (χ4v) is 3.32. The average Bonchev–Trinajstić information content (AvgIpc) is 2.79. The molecule has 1 atom stereocenters. The fraction of sp³-hybridized carbons (Fsp3) is 0.308. The molecule has 0 bridgehead atoms. The van der Waals surface area contributed by atoms with Gasteiger partial charge in [-0.05, 0) is 46.5 Å². The zero-order valence-corrected chi connectivity index (χ0v) is 11.1. The lowest BCUT2D eigenvalue weighted by Crippen LogP contribution is -2.03. The van der Waals surface area contributed by atoms with E-state index in [-0.39, 0.29) is 18.2 Å². The van der Waals surface area contributed by atoms with Gasteiger partial charge in [0.2, 0.25) is 0 Å². The lowest BCUT2D eigenvalue weighted by molar-refractivity contribution is -0.137. The summed E-state index contributed by atoms with van der Waals surface area (Å²) in [6.45, 7) is 0. The van der Waals surface area contributed by atoms with E-state index in [2.05, 4.69) is 20.9 Å². The second-order valence-electron chi connectivity index (χ2n) is 4.66. The molecule has 0 unspecified atom stereocenters. The third-order valence-electron chi connectivity index (χ3n) is 3.54. The maximum atomic E-state index is 13.4. The van der Waals surface area contributed by atoms with Crippen molar-refractivity contribution >= 4 is 32.8 Å². The van der Waals surface area contributed by atoms with Gasteiger partial charge in [-0.15, -0.1) is 0 Å². The van der Waals surface area contributed by atoms with E-state index in [4.69, 9.17) is 5.11 Å². The summed E-state index contributed by atoms with van der Waals surface area (Å²) in [4.78, 5) is 14.1. The van der Waals surface area contributed by atoms with Crippen molar-refractivity contribution in [1.29, 1.82) is 0 Å². The Hall–Kier alpha value is -1.36. The van der Waals surface area contributed by atoms with Crippen LogP contribution >= 0.6 is 15.9 Å². The minimum Gasteiger partial charge on any atom is -0.481 e. The molecule has 3 rings (SSSR count). The summed E-state index contributed by atoms with van der Waals surface area (Å²) in [7, 11) is 0. The first-order valence-electron chi connectivity index (χ1n) is 5.77. The predicted molar refractivity (Wildman–Crippen MR) is 69.3 cm³/mol. The Balaban J connectivity index is 2.15. The van der Waals surface area contributed by atoms with Crippen LogP contribution in [0.5, 0.6) is 0 Å². The summed E-state index contributed by atoms with van der Waals surface area (Å²) >= 11 is 3.33. The third-order valence-corrected chi connectivity index (χ3v) is 4.16. The monoisotopic (exact) mass is 311 g/mol. The average molecular weight is 312 g/mol. The Morgan fingerprint density at radius 1 is 1.56 bits per heavy atom. The van der Waals surface area contributed by atoms with Gasteiger partial charge in [0.25, 0.3) is 0 Å². The summed E-state index contributed by atoms with van der Waals surface area (Å²) in [5.41, 5.74) is 2.88. The van der Waals surface area contributed by atoms with Crippen molar-refractivity contribution in [1.82, 2.24) is 4.98 Å². The summed E-state index contributed by atoms with van der Waals surface area (Å²) in [5.74, 6) is -1.06. The van der Waals surface area contributed by atoms with Crippen LogP contribution in [0.2, 0.25) is 0 Å². The van der Waals surface area contributed by atoms with Crippen molar-refractivity contribution < 1.29 is 14.3 Å². The van der Waals surface area contributed by atoms with Crippen molar-refractivity contribution in [2.75, 3.05) is 0 Å². The second kappa shape index (κ2) is 4.09. The van der Waals surface area contributed by atoms with Crippen LogP contribution in [-0.2, 0) is 11.2 Å². The molecule has 2 N–H and O–H groups in total. The van der Waals surface area contributed by atoms with E-state index in [0.717, 1.165) is 35.0 Å². The van der Waals surface area contributed by atoms with Crippen molar-refractivity contribution in [3.63, 3.8) is 0 Å². The number of hydrogen-bond acceptors (Lipinski definition) is 1. The summed E-state index contributed by atoms with van der Waals surface area (Å²) in [6, 6.07) is 2.93. The Bertz CT molecular complexity index is 650. The van der Waals surface area contributed by atoms with E-state index in [0.29, 0.717) is 4.47 Å². The number of aromatic amines is 1. The predicted octanol–water partition coefficient (Wildman–Crippen LogP) is 3.57. The smallest absolute Gasteiger partial charge is 0.304 e. The van der Waals surface area contributed by atoms with Crippen LogP contribution in [0.25, 0.3) is 10.9 Å². The molecular formula is C13H11BrFNO2. The van der Waals surface area contributed by atoms with Gasteiger partial charge in [-0.2, -0.15) is 0 Å². The number of halogens is 2. The number of rotatable bonds is 2. The Kier molecular flexibility index (Phi) is 2.66. The van der Waals surface area contributed by atoms with Crippen LogP contribution in [0.4, 0.5) is 4.39 Å². The van der Waals surface area contributed by atoms with Crippen molar-refractivity contribution in [2.24, 2.45) is 0 Å². The van der Waals surface area contributed by atoms with Crippen LogP contribution in [0.3, 0.4) is 0 Å². The standard InChI is InChI=1S/C13H11BrFNO2/c14-10-5-7(15)4-9-8-2-1-6(3-11(17)18)12(8)16-13(9)10/h4-6,16H,1-3H2,(H,17,18)/t6-/m0/s1. The molecule has 0 aliphatic heterocycles. The number of carboxylic acids is 1. The lowest BCUT2D eigenvalue weighted by Gasteiger charge is -2.05. The number of hydrogen-bond donors (Lipinski definition) is 2. The highest BCUT2D eigenvalue weighted by molar-refractivity contribution is 9.10. The number of nitrogens with one attached hydrogen (secondary N) is 1. The van der Waals surface area contributed by atoms with E-state index in [9.17, 15) is 9.18 Å². The van der Waals surface area contributed by atoms with Crippen LogP contribution in [0, 0.1) is 5.82 Å². The van der Waals surface area contributed by atoms with Crippen LogP contribution in [-0.4, -0.2) is 16.1 Å². The lowest BCUT2D eigenvalue weighted by atomic mass is 10.0. The molecular weight excluding hydrogens is 301 g/mol. The highest BCUT2D eigenvalue weighted by atomic mass is 79.9. The number of fused-ring (bicyclic) bond motifs is 3. The largest absolute Gasteiger partial charge is 0.481 e. The molecule has 0 radical (unpaired) electrons. The number of aliphatic carboxylic acids is 1. The van der Waals surface area contributed by atoms with E-state index in [1.54, 1.807) is 0 Å². The first-order valence-corrected chi connectivity index (χ1v) is 6.57. The number of carbonyl (C=O) groups is 1. The van der Waals surface area contributed by atoms with Gasteiger partial charge >= 0.3 is 5.97 Å². The Morgan fingerprint density at radius 3 is 3.06 bits per heavy atom. The minimum absolute atomic E-state index is 0.0138. The Labute approximate surface area is 111 Å². The van der Waals surface area contributed by atoms with E-state index in [1.807, 2.05) is 0 Å². The molecule has 0 saturated heterocycles. The van der Waals surface area contributed by atoms with Gasteiger partial charge in [0.05, 0.1) is 11.9 Å². The molecule has 5 heteroatoms. The van der Waals surface area contributed by atoms with E-state index in [1.165, 1.54) is 12.1 Å². The molecule has 0 fully saturated rings. The summed E-state index contributed by atoms with van der Waals surface area (Å²) in [5, 5.41) is 9.76. The molecule has 0 saturated carbocycles. The zero-order valence-electron chi connectivity index (χ0n) is 9.46. The molecule has 18 heavy (non-hydrogen) atoms. The molecule has 1 aromatic carbocycles. The topological polar surface area (TPSA) is 53.1 Å². The van der Waals surface area contributed by atoms with Gasteiger partial charge < -0.3 is 10.1 Å². The SMILES string of the molecule is O=C(O)C[C@@H]1CCc2c1[nH]c1c(Br)cc(F)cc21. The van der Waals surface area contributed by atoms with Gasteiger partial charge in [-0.25, -0.2) is 4.39 Å². The van der Waals surface area contributed by atoms with Crippen LogP contribution in [0.15, 0.2) is 16.6 Å². The Morgan fingerprint density at radius 2 is 2.33 bits per heavy atom. The zero-order chi connectivity index (χ0) is 12.9. The maximum absolute atomic E-state index is 13.4. The van der Waals surface area contributed by atoms with Gasteiger partial charge in [-0.1, -0.05) is 0 Å². The van der Waals surface area contributed by atoms with Crippen molar-refractivity contribution in [2.45, 2.75) is 25.2 Å². The second-order valence-corrected chi connectivity index (χ2v) is 5.52. The van der Waals surface area contributed by atoms with Crippen LogP contribution < -0.4 is 0 Å². The highest BCUT2D eigenvalue weighted by Crippen LogP contribution is 2.41. The fourth-order valence-electron chi connectivity index (χ4n) is 2.79. The molecule has 3 nitrogen and oxygen atoms in total. The molecule has 2 aromatic rings. The van der Waals surface area contributed by atoms with Gasteiger partial charge in [0, 0.05) is 21.5 Å². The third kappa shape index (κ3) is 1.73. The first kappa shape index (κ1) is 11.7. The maximum Gasteiger partial charge on any atom is 0.304 e. The number of carboxylic acid groups (broad SMARTS) is 1. The van der Waals surface area contributed by atoms with Gasteiger partial charge in [-0.3, -0.25) is 4.79 Å². The van der Waals surface area contributed by atoms with Gasteiger partial charge in [0.1, 0.15) is 5.82 Å². The van der Waals surface area contributed by atoms with Crippen molar-refractivity contribution in [3.05, 3.63) is 33.7 Å². The van der Waals surface area contributed by atoms with E-state index < -0.39 is 5.97 Å². The quantitative estimate of drug-likeness (QED) is 0.890.